The highest BCUT2D eigenvalue weighted by atomic mass is 32.1. The molecule has 0 radical (unpaired) electrons. The quantitative estimate of drug-likeness (QED) is 0.119. The van der Waals surface area contributed by atoms with Crippen LogP contribution in [0.4, 0.5) is 5.82 Å². The Labute approximate surface area is 242 Å². The number of anilines is 1. The molecule has 40 heavy (non-hydrogen) atoms. The zero-order valence-corrected chi connectivity index (χ0v) is 24.0. The lowest BCUT2D eigenvalue weighted by Crippen LogP contribution is -2.41. The number of hydrogen-bond donors (Lipinski definition) is 3. The first-order chi connectivity index (χ1) is 19.6. The van der Waals surface area contributed by atoms with Crippen molar-refractivity contribution in [3.63, 3.8) is 0 Å². The molecule has 0 aliphatic carbocycles. The van der Waals surface area contributed by atoms with Gasteiger partial charge in [0, 0.05) is 74.6 Å². The fourth-order valence-corrected chi connectivity index (χ4v) is 6.68. The first kappa shape index (κ1) is 27.4. The Hall–Kier alpha value is -2.81. The van der Waals surface area contributed by atoms with Crippen LogP contribution in [0.5, 0.6) is 0 Å². The molecule has 2 saturated heterocycles. The van der Waals surface area contributed by atoms with Crippen molar-refractivity contribution in [1.29, 1.82) is 0 Å². The summed E-state index contributed by atoms with van der Waals surface area (Å²) in [7, 11) is 0. The number of aryl methyl sites for hydroxylation is 1. The van der Waals surface area contributed by atoms with Gasteiger partial charge in [0.25, 0.3) is 0 Å². The number of nitrogens with zero attached hydrogens (tertiary/aromatic N) is 7. The van der Waals surface area contributed by atoms with Gasteiger partial charge in [-0.05, 0) is 25.0 Å². The van der Waals surface area contributed by atoms with Gasteiger partial charge < -0.3 is 9.64 Å². The van der Waals surface area contributed by atoms with Crippen molar-refractivity contribution < 1.29 is 14.7 Å². The van der Waals surface area contributed by atoms with Crippen molar-refractivity contribution in [2.75, 3.05) is 57.4 Å². The van der Waals surface area contributed by atoms with Crippen molar-refractivity contribution in [3.8, 4) is 11.4 Å². The number of piperazine rings is 1. The number of carbonyl (C=O) groups excluding carboxylic acids is 1. The van der Waals surface area contributed by atoms with Crippen molar-refractivity contribution in [1.82, 2.24) is 34.4 Å². The second-order valence-corrected chi connectivity index (χ2v) is 11.9. The Morgan fingerprint density at radius 3 is 2.73 bits per heavy atom. The van der Waals surface area contributed by atoms with Gasteiger partial charge in [-0.3, -0.25) is 23.9 Å². The van der Waals surface area contributed by atoms with Crippen molar-refractivity contribution >= 4 is 57.0 Å². The zero-order chi connectivity index (χ0) is 27.5. The number of aromatic nitrogens is 4. The van der Waals surface area contributed by atoms with Crippen molar-refractivity contribution in [2.24, 2.45) is 0 Å². The van der Waals surface area contributed by atoms with E-state index < -0.39 is 0 Å². The highest BCUT2D eigenvalue weighted by molar-refractivity contribution is 7.77. The Kier molecular flexibility index (Phi) is 8.46. The molecule has 2 N–H and O–H groups in total. The molecule has 5 heterocycles. The summed E-state index contributed by atoms with van der Waals surface area (Å²) in [5, 5.41) is 14.3. The van der Waals surface area contributed by atoms with Crippen LogP contribution in [0.25, 0.3) is 32.5 Å². The first-order valence-corrected chi connectivity index (χ1v) is 15.0. The van der Waals surface area contributed by atoms with Gasteiger partial charge in [-0.2, -0.15) is 5.10 Å². The lowest BCUT2D eigenvalue weighted by molar-refractivity contribution is -0.129. The summed E-state index contributed by atoms with van der Waals surface area (Å²) in [4.78, 5) is 27.7. The molecule has 13 heteroatoms. The summed E-state index contributed by atoms with van der Waals surface area (Å²) in [5.41, 5.74) is 4.63. The van der Waals surface area contributed by atoms with E-state index in [1.165, 1.54) is 4.88 Å². The molecule has 4 aromatic rings. The summed E-state index contributed by atoms with van der Waals surface area (Å²) in [6.45, 7) is 8.52. The van der Waals surface area contributed by atoms with Crippen molar-refractivity contribution in [3.05, 3.63) is 35.3 Å². The maximum atomic E-state index is 11.3. The van der Waals surface area contributed by atoms with E-state index in [0.717, 1.165) is 84.7 Å². The van der Waals surface area contributed by atoms with E-state index in [1.54, 1.807) is 16.8 Å². The number of hydrogen-bond acceptors (Lipinski definition) is 11. The number of rotatable bonds is 9. The summed E-state index contributed by atoms with van der Waals surface area (Å²) >= 11 is 6.29. The minimum atomic E-state index is -0.368. The smallest absolute Gasteiger partial charge is 0.243 e. The molecule has 2 fully saturated rings. The zero-order valence-electron chi connectivity index (χ0n) is 22.3. The molecular weight excluding hydrogens is 548 g/mol. The Bertz CT molecular complexity index is 1480. The Balaban J connectivity index is 1.32. The molecule has 11 nitrogen and oxygen atoms in total. The monoisotopic (exact) mass is 582 g/mol. The largest absolute Gasteiger partial charge is 0.378 e. The van der Waals surface area contributed by atoms with Gasteiger partial charge in [0.15, 0.2) is 11.6 Å². The lowest BCUT2D eigenvalue weighted by Gasteiger charge is -2.31. The van der Waals surface area contributed by atoms with E-state index in [-0.39, 0.29) is 12.3 Å². The number of thiol groups is 1. The number of unbranched alkanes of at least 4 members (excludes halogenated alkanes) is 1. The van der Waals surface area contributed by atoms with E-state index in [2.05, 4.69) is 50.2 Å². The van der Waals surface area contributed by atoms with Gasteiger partial charge in [-0.1, -0.05) is 24.9 Å². The number of fused-ring (bicyclic) bond motifs is 2. The van der Waals surface area contributed by atoms with Crippen LogP contribution in [-0.4, -0.2) is 92.6 Å². The number of amides is 1. The highest BCUT2D eigenvalue weighted by Gasteiger charge is 2.23. The number of benzene rings is 1. The van der Waals surface area contributed by atoms with E-state index in [4.69, 9.17) is 19.9 Å². The number of ether oxygens (including phenoxy) is 1. The standard InChI is InChI=1S/C27H34N8O3S2/c36-24(31-37)6-1-2-7-35-23-5-3-4-20(21(23)17-28-35)26-29-22-16-19(18-32-8-10-34(39)11-9-32)40-25(22)27(30-26)33-12-14-38-15-13-33/h3-5,16-17,37,39H,1-2,6-15,18H2,(H,31,36). The number of hydroxylamine groups is 1. The van der Waals surface area contributed by atoms with E-state index in [9.17, 15) is 4.79 Å². The average Bonchev–Trinajstić information content (AvgIpc) is 3.60. The predicted molar refractivity (Wildman–Crippen MR) is 159 cm³/mol. The molecule has 0 bridgehead atoms. The number of thiophene rings is 1. The van der Waals surface area contributed by atoms with E-state index in [1.807, 2.05) is 16.9 Å². The van der Waals surface area contributed by atoms with E-state index in [0.29, 0.717) is 32.0 Å². The molecule has 2 aliphatic rings. The molecule has 1 aromatic carbocycles. The molecule has 0 saturated carbocycles. The highest BCUT2D eigenvalue weighted by Crippen LogP contribution is 2.36. The SMILES string of the molecule is O=C(CCCCn1ncc2c(-c3nc(N4CCOCC4)c4sc(CN5CCN(S)CC5)cc4n3)cccc21)NO. The normalized spacial score (nSPS) is 17.2. The van der Waals surface area contributed by atoms with Crippen molar-refractivity contribution in [2.45, 2.75) is 32.4 Å². The molecular formula is C27H34N8O3S2. The third-order valence-electron chi connectivity index (χ3n) is 7.52. The van der Waals surface area contributed by atoms with Gasteiger partial charge >= 0.3 is 0 Å². The molecule has 6 rings (SSSR count). The summed E-state index contributed by atoms with van der Waals surface area (Å²) in [6.07, 6.45) is 3.61. The number of morpholine rings is 1. The number of nitrogens with one attached hydrogen (secondary N) is 1. The van der Waals surface area contributed by atoms with Crippen LogP contribution in [0.15, 0.2) is 30.5 Å². The third kappa shape index (κ3) is 5.94. The Morgan fingerprint density at radius 2 is 1.93 bits per heavy atom. The molecule has 1 amide bonds. The van der Waals surface area contributed by atoms with Gasteiger partial charge in [0.1, 0.15) is 0 Å². The maximum Gasteiger partial charge on any atom is 0.243 e. The second kappa shape index (κ2) is 12.4. The third-order valence-corrected chi connectivity index (χ3v) is 9.03. The van der Waals surface area contributed by atoms with Crippen LogP contribution in [0.3, 0.4) is 0 Å². The fourth-order valence-electron chi connectivity index (χ4n) is 5.35. The molecule has 2 aliphatic heterocycles. The molecule has 212 valence electrons. The summed E-state index contributed by atoms with van der Waals surface area (Å²) in [6, 6.07) is 8.38. The number of carbonyl (C=O) groups is 1. The average molecular weight is 583 g/mol. The van der Waals surface area contributed by atoms with Crippen LogP contribution >= 0.6 is 24.2 Å². The topological polar surface area (TPSA) is 112 Å². The first-order valence-electron chi connectivity index (χ1n) is 13.8. The lowest BCUT2D eigenvalue weighted by atomic mass is 10.1. The minimum absolute atomic E-state index is 0.285. The van der Waals surface area contributed by atoms with Gasteiger partial charge in [-0.15, -0.1) is 11.3 Å². The molecule has 0 unspecified atom stereocenters. The van der Waals surface area contributed by atoms with Crippen LogP contribution in [0, 0.1) is 0 Å². The summed E-state index contributed by atoms with van der Waals surface area (Å²) < 4.78 is 10.8. The fraction of sp³-hybridized carbons (Fsp3) is 0.481. The molecule has 0 atom stereocenters. The van der Waals surface area contributed by atoms with Crippen LogP contribution in [0.2, 0.25) is 0 Å². The predicted octanol–water partition coefficient (Wildman–Crippen LogP) is 3.18. The molecule has 3 aromatic heterocycles. The molecule has 0 spiro atoms. The van der Waals surface area contributed by atoms with Gasteiger partial charge in [0.2, 0.25) is 5.91 Å². The van der Waals surface area contributed by atoms with Crippen LogP contribution in [0.1, 0.15) is 24.1 Å². The Morgan fingerprint density at radius 1 is 1.10 bits per heavy atom. The van der Waals surface area contributed by atoms with Gasteiger partial charge in [-0.25, -0.2) is 15.4 Å². The maximum absolute atomic E-state index is 11.3. The van der Waals surface area contributed by atoms with Crippen LogP contribution in [-0.2, 0) is 22.6 Å². The summed E-state index contributed by atoms with van der Waals surface area (Å²) in [5.74, 6) is 1.31. The minimum Gasteiger partial charge on any atom is -0.378 e. The van der Waals surface area contributed by atoms with E-state index >= 15 is 0 Å². The van der Waals surface area contributed by atoms with Crippen LogP contribution < -0.4 is 10.4 Å². The van der Waals surface area contributed by atoms with Gasteiger partial charge in [0.05, 0.1) is 35.1 Å². The second-order valence-electron chi connectivity index (χ2n) is 10.2.